The van der Waals surface area contributed by atoms with Crippen LogP contribution in [0.3, 0.4) is 0 Å². The maximum atomic E-state index is 12.8. The van der Waals surface area contributed by atoms with Gasteiger partial charge in [-0.1, -0.05) is 12.1 Å². The average molecular weight is 362 g/mol. The van der Waals surface area contributed by atoms with Gasteiger partial charge in [0.05, 0.1) is 17.7 Å². The Labute approximate surface area is 148 Å². The summed E-state index contributed by atoms with van der Waals surface area (Å²) in [5, 5.41) is 0. The topological polar surface area (TPSA) is 66.9 Å². The molecule has 0 atom stereocenters. The van der Waals surface area contributed by atoms with Crippen LogP contribution >= 0.6 is 0 Å². The number of nitrogens with zero attached hydrogens (tertiary/aromatic N) is 2. The molecule has 6 nitrogen and oxygen atoms in total. The molecule has 1 amide bonds. The van der Waals surface area contributed by atoms with E-state index in [1.807, 2.05) is 6.92 Å². The number of methoxy groups -OCH3 is 1. The highest BCUT2D eigenvalue weighted by atomic mass is 32.2. The highest BCUT2D eigenvalue weighted by Gasteiger charge is 2.24. The monoisotopic (exact) mass is 362 g/mol. The Morgan fingerprint density at radius 3 is 2.20 bits per heavy atom. The Morgan fingerprint density at radius 2 is 1.64 bits per heavy atom. The Hall–Kier alpha value is -2.54. The van der Waals surface area contributed by atoms with Gasteiger partial charge in [0.15, 0.2) is 0 Å². The molecule has 2 aromatic carbocycles. The normalized spacial score (nSPS) is 11.0. The fourth-order valence-electron chi connectivity index (χ4n) is 2.31. The Kier molecular flexibility index (Phi) is 5.69. The standard InChI is InChI=1S/C18H22N2O4S/c1-5-19(2)18(21)14-10-12-15(13-11-14)25(22,23)20(3)16-8-6-7-9-17(16)24-4/h6-13H,5H2,1-4H3. The van der Waals surface area contributed by atoms with Gasteiger partial charge in [-0.25, -0.2) is 8.42 Å². The van der Waals surface area contributed by atoms with E-state index in [0.29, 0.717) is 23.5 Å². The van der Waals surface area contributed by atoms with Crippen molar-refractivity contribution < 1.29 is 17.9 Å². The van der Waals surface area contributed by atoms with Gasteiger partial charge in [0.2, 0.25) is 0 Å². The number of anilines is 1. The van der Waals surface area contributed by atoms with Crippen molar-refractivity contribution in [2.45, 2.75) is 11.8 Å². The third kappa shape index (κ3) is 3.76. The molecule has 0 radical (unpaired) electrons. The Bertz CT molecular complexity index is 848. The zero-order valence-electron chi connectivity index (χ0n) is 14.8. The molecule has 0 aromatic heterocycles. The average Bonchev–Trinajstić information content (AvgIpc) is 2.66. The molecule has 25 heavy (non-hydrogen) atoms. The fourth-order valence-corrected chi connectivity index (χ4v) is 3.52. The second-order valence-corrected chi connectivity index (χ2v) is 7.46. The van der Waals surface area contributed by atoms with E-state index >= 15 is 0 Å². The van der Waals surface area contributed by atoms with Crippen LogP contribution in [0.4, 0.5) is 5.69 Å². The van der Waals surface area contributed by atoms with Gasteiger partial charge in [-0.15, -0.1) is 0 Å². The Balaban J connectivity index is 2.35. The van der Waals surface area contributed by atoms with Crippen LogP contribution in [0.25, 0.3) is 0 Å². The third-order valence-electron chi connectivity index (χ3n) is 4.01. The summed E-state index contributed by atoms with van der Waals surface area (Å²) >= 11 is 0. The number of carbonyl (C=O) groups excluding carboxylic acids is 1. The summed E-state index contributed by atoms with van der Waals surface area (Å²) in [4.78, 5) is 13.8. The van der Waals surface area contributed by atoms with E-state index in [-0.39, 0.29) is 10.8 Å². The predicted molar refractivity (Wildman–Crippen MR) is 97.7 cm³/mol. The first kappa shape index (κ1) is 18.8. The van der Waals surface area contributed by atoms with Crippen LogP contribution in [0.1, 0.15) is 17.3 Å². The lowest BCUT2D eigenvalue weighted by Crippen LogP contribution is -2.28. The van der Waals surface area contributed by atoms with E-state index < -0.39 is 10.0 Å². The van der Waals surface area contributed by atoms with Crippen molar-refractivity contribution >= 4 is 21.6 Å². The van der Waals surface area contributed by atoms with Gasteiger partial charge in [0.25, 0.3) is 15.9 Å². The molecule has 0 heterocycles. The highest BCUT2D eigenvalue weighted by molar-refractivity contribution is 7.92. The molecule has 0 spiro atoms. The molecule has 2 aromatic rings. The van der Waals surface area contributed by atoms with Gasteiger partial charge in [-0.2, -0.15) is 0 Å². The zero-order valence-corrected chi connectivity index (χ0v) is 15.6. The van der Waals surface area contributed by atoms with Gasteiger partial charge in [-0.05, 0) is 43.3 Å². The summed E-state index contributed by atoms with van der Waals surface area (Å²) in [7, 11) is 0.892. The number of amides is 1. The lowest BCUT2D eigenvalue weighted by Gasteiger charge is -2.22. The number of hydrogen-bond donors (Lipinski definition) is 0. The minimum atomic E-state index is -3.76. The summed E-state index contributed by atoms with van der Waals surface area (Å²) in [6, 6.07) is 12.8. The van der Waals surface area contributed by atoms with Crippen molar-refractivity contribution in [3.05, 3.63) is 54.1 Å². The molecule has 0 N–H and O–H groups in total. The number of ether oxygens (including phenoxy) is 1. The van der Waals surface area contributed by atoms with Crippen molar-refractivity contribution in [2.24, 2.45) is 0 Å². The zero-order chi connectivity index (χ0) is 18.6. The molecular weight excluding hydrogens is 340 g/mol. The lowest BCUT2D eigenvalue weighted by molar-refractivity contribution is 0.0802. The largest absolute Gasteiger partial charge is 0.495 e. The number of rotatable bonds is 6. The summed E-state index contributed by atoms with van der Waals surface area (Å²) in [5.41, 5.74) is 0.888. The van der Waals surface area contributed by atoms with E-state index in [1.165, 1.54) is 42.7 Å². The van der Waals surface area contributed by atoms with Gasteiger partial charge in [-0.3, -0.25) is 9.10 Å². The fraction of sp³-hybridized carbons (Fsp3) is 0.278. The lowest BCUT2D eigenvalue weighted by atomic mass is 10.2. The minimum Gasteiger partial charge on any atom is -0.495 e. The summed E-state index contributed by atoms with van der Waals surface area (Å²) in [5.74, 6) is 0.314. The second-order valence-electron chi connectivity index (χ2n) is 5.49. The van der Waals surface area contributed by atoms with Crippen LogP contribution in [-0.4, -0.2) is 47.0 Å². The molecule has 7 heteroatoms. The van der Waals surface area contributed by atoms with Crippen LogP contribution in [0.5, 0.6) is 5.75 Å². The second kappa shape index (κ2) is 7.57. The smallest absolute Gasteiger partial charge is 0.264 e. The first-order chi connectivity index (χ1) is 11.8. The van der Waals surface area contributed by atoms with Gasteiger partial charge in [0.1, 0.15) is 5.75 Å². The van der Waals surface area contributed by atoms with Crippen LogP contribution in [-0.2, 0) is 10.0 Å². The maximum Gasteiger partial charge on any atom is 0.264 e. The van der Waals surface area contributed by atoms with Crippen LogP contribution in [0, 0.1) is 0 Å². The molecule has 0 saturated carbocycles. The summed E-state index contributed by atoms with van der Waals surface area (Å²) in [6.07, 6.45) is 0. The molecule has 0 unspecified atom stereocenters. The van der Waals surface area contributed by atoms with E-state index in [4.69, 9.17) is 4.74 Å². The van der Waals surface area contributed by atoms with E-state index in [0.717, 1.165) is 0 Å². The molecule has 0 fully saturated rings. The van der Waals surface area contributed by atoms with Crippen LogP contribution in [0.2, 0.25) is 0 Å². The van der Waals surface area contributed by atoms with Crippen molar-refractivity contribution in [2.75, 3.05) is 32.1 Å². The molecular formula is C18H22N2O4S. The number of sulfonamides is 1. The molecule has 0 aliphatic heterocycles. The van der Waals surface area contributed by atoms with Crippen LogP contribution in [0.15, 0.2) is 53.4 Å². The first-order valence-electron chi connectivity index (χ1n) is 7.80. The maximum absolute atomic E-state index is 12.8. The van der Waals surface area contributed by atoms with E-state index in [1.54, 1.807) is 36.2 Å². The molecule has 0 bridgehead atoms. The highest BCUT2D eigenvalue weighted by Crippen LogP contribution is 2.30. The SMILES string of the molecule is CCN(C)C(=O)c1ccc(S(=O)(=O)N(C)c2ccccc2OC)cc1. The van der Waals surface area contributed by atoms with Crippen molar-refractivity contribution in [3.8, 4) is 5.75 Å². The summed E-state index contributed by atoms with van der Waals surface area (Å²) in [6.45, 7) is 2.45. The molecule has 0 saturated heterocycles. The van der Waals surface area contributed by atoms with Crippen LogP contribution < -0.4 is 9.04 Å². The molecule has 0 aliphatic rings. The van der Waals surface area contributed by atoms with Crippen molar-refractivity contribution in [1.82, 2.24) is 4.90 Å². The summed E-state index contributed by atoms with van der Waals surface area (Å²) < 4.78 is 32.1. The third-order valence-corrected chi connectivity index (χ3v) is 5.79. The van der Waals surface area contributed by atoms with Gasteiger partial charge < -0.3 is 9.64 Å². The number of carbonyl (C=O) groups is 1. The molecule has 0 aliphatic carbocycles. The quantitative estimate of drug-likeness (QED) is 0.792. The minimum absolute atomic E-state index is 0.108. The van der Waals surface area contributed by atoms with Crippen molar-refractivity contribution in [1.29, 1.82) is 0 Å². The first-order valence-corrected chi connectivity index (χ1v) is 9.24. The molecule has 134 valence electrons. The van der Waals surface area contributed by atoms with Gasteiger partial charge >= 0.3 is 0 Å². The number of hydrogen-bond acceptors (Lipinski definition) is 4. The number of para-hydroxylation sites is 2. The van der Waals surface area contributed by atoms with E-state index in [2.05, 4.69) is 0 Å². The van der Waals surface area contributed by atoms with E-state index in [9.17, 15) is 13.2 Å². The Morgan fingerprint density at radius 1 is 1.04 bits per heavy atom. The molecule has 2 rings (SSSR count). The van der Waals surface area contributed by atoms with Gasteiger partial charge in [0, 0.05) is 26.2 Å². The predicted octanol–water partition coefficient (Wildman–Crippen LogP) is 2.61. The number of benzene rings is 2. The van der Waals surface area contributed by atoms with Crippen molar-refractivity contribution in [3.63, 3.8) is 0 Å².